The molecule has 0 saturated carbocycles. The van der Waals surface area contributed by atoms with Gasteiger partial charge in [-0.1, -0.05) is 0 Å². The summed E-state index contributed by atoms with van der Waals surface area (Å²) in [4.78, 5) is 0. The Morgan fingerprint density at radius 2 is 1.85 bits per heavy atom. The molecule has 20 heavy (non-hydrogen) atoms. The normalized spacial score (nSPS) is 35.2. The van der Waals surface area contributed by atoms with E-state index in [1.54, 1.807) is 13.8 Å². The quantitative estimate of drug-likeness (QED) is 0.461. The summed E-state index contributed by atoms with van der Waals surface area (Å²) >= 11 is 0. The van der Waals surface area contributed by atoms with Gasteiger partial charge in [0.05, 0.1) is 38.2 Å². The predicted molar refractivity (Wildman–Crippen MR) is 69.3 cm³/mol. The van der Waals surface area contributed by atoms with Crippen LogP contribution in [0.2, 0.25) is 0 Å². The molecule has 1 fully saturated rings. The first-order chi connectivity index (χ1) is 9.30. The van der Waals surface area contributed by atoms with Crippen molar-refractivity contribution in [3.63, 3.8) is 0 Å². The van der Waals surface area contributed by atoms with E-state index in [9.17, 15) is 19.9 Å². The highest BCUT2D eigenvalue weighted by molar-refractivity contribution is 7.53. The van der Waals surface area contributed by atoms with Crippen molar-refractivity contribution in [3.05, 3.63) is 0 Å². The Balaban J connectivity index is 2.78. The van der Waals surface area contributed by atoms with Crippen LogP contribution in [0.4, 0.5) is 0 Å². The van der Waals surface area contributed by atoms with Crippen molar-refractivity contribution >= 4 is 7.60 Å². The zero-order valence-electron chi connectivity index (χ0n) is 11.6. The van der Waals surface area contributed by atoms with Crippen LogP contribution < -0.4 is 0 Å². The fourth-order valence-corrected chi connectivity index (χ4v) is 3.93. The van der Waals surface area contributed by atoms with Crippen molar-refractivity contribution in [2.75, 3.05) is 26.0 Å². The van der Waals surface area contributed by atoms with E-state index >= 15 is 0 Å². The lowest BCUT2D eigenvalue weighted by molar-refractivity contribution is -0.329. The summed E-state index contributed by atoms with van der Waals surface area (Å²) in [5.74, 6) is -2.29. The highest BCUT2D eigenvalue weighted by Gasteiger charge is 2.49. The van der Waals surface area contributed by atoms with Gasteiger partial charge < -0.3 is 34.2 Å². The van der Waals surface area contributed by atoms with E-state index in [1.807, 2.05) is 0 Å². The minimum absolute atomic E-state index is 0.0480. The molecule has 120 valence electrons. The third kappa shape index (κ3) is 4.22. The van der Waals surface area contributed by atoms with E-state index in [0.717, 1.165) is 0 Å². The van der Waals surface area contributed by atoms with Gasteiger partial charge in [-0.3, -0.25) is 4.57 Å². The maximum atomic E-state index is 12.4. The molecule has 8 nitrogen and oxygen atoms in total. The SMILES string of the molecule is CCOP(=O)(C[C@@H]1C[C@@H](O)[C@H](O)[C@](O)(CO)O1)OCC. The summed E-state index contributed by atoms with van der Waals surface area (Å²) < 4.78 is 27.7. The Hall–Kier alpha value is -0.0500. The zero-order valence-corrected chi connectivity index (χ0v) is 12.5. The number of rotatable bonds is 7. The molecule has 0 bridgehead atoms. The smallest absolute Gasteiger partial charge is 0.333 e. The van der Waals surface area contributed by atoms with Crippen molar-refractivity contribution in [2.24, 2.45) is 0 Å². The molecule has 0 amide bonds. The van der Waals surface area contributed by atoms with Gasteiger partial charge in [-0.05, 0) is 13.8 Å². The second-order valence-electron chi connectivity index (χ2n) is 4.62. The number of aliphatic hydroxyl groups is 4. The fourth-order valence-electron chi connectivity index (χ4n) is 2.13. The Labute approximate surface area is 117 Å². The molecule has 9 heteroatoms. The highest BCUT2D eigenvalue weighted by atomic mass is 31.2. The first-order valence-electron chi connectivity index (χ1n) is 6.55. The van der Waals surface area contributed by atoms with Gasteiger partial charge in [0.2, 0.25) is 5.79 Å². The lowest BCUT2D eigenvalue weighted by atomic mass is 9.96. The summed E-state index contributed by atoms with van der Waals surface area (Å²) in [6.07, 6.45) is -4.03. The van der Waals surface area contributed by atoms with Crippen molar-refractivity contribution in [3.8, 4) is 0 Å². The first kappa shape index (κ1) is 18.0. The van der Waals surface area contributed by atoms with Gasteiger partial charge >= 0.3 is 7.60 Å². The van der Waals surface area contributed by atoms with Gasteiger partial charge in [-0.2, -0.15) is 0 Å². The standard InChI is InChI=1S/C11H23O8P/c1-3-17-20(16,18-4-2)6-8-5-9(13)10(14)11(15,7-12)19-8/h8-10,12-15H,3-7H2,1-2H3/t8-,9+,10-,11-/m0/s1. The Morgan fingerprint density at radius 1 is 1.30 bits per heavy atom. The molecule has 1 heterocycles. The molecule has 0 aromatic carbocycles. The van der Waals surface area contributed by atoms with E-state index in [4.69, 9.17) is 18.9 Å². The Kier molecular flexibility index (Phi) is 6.56. The zero-order chi connectivity index (χ0) is 15.4. The maximum absolute atomic E-state index is 12.4. The number of hydrogen-bond acceptors (Lipinski definition) is 8. The summed E-state index contributed by atoms with van der Waals surface area (Å²) in [6, 6.07) is 0. The van der Waals surface area contributed by atoms with Crippen molar-refractivity contribution in [2.45, 2.75) is 44.4 Å². The van der Waals surface area contributed by atoms with Crippen LogP contribution in [0.15, 0.2) is 0 Å². The number of ether oxygens (including phenoxy) is 1. The van der Waals surface area contributed by atoms with Crippen LogP contribution in [0.1, 0.15) is 20.3 Å². The molecule has 0 aromatic heterocycles. The fraction of sp³-hybridized carbons (Fsp3) is 1.00. The van der Waals surface area contributed by atoms with Gasteiger partial charge in [0.15, 0.2) is 0 Å². The molecule has 1 rings (SSSR count). The van der Waals surface area contributed by atoms with Crippen molar-refractivity contribution in [1.82, 2.24) is 0 Å². The lowest BCUT2D eigenvalue weighted by Gasteiger charge is -2.42. The molecule has 0 aromatic rings. The van der Waals surface area contributed by atoms with E-state index in [2.05, 4.69) is 0 Å². The summed E-state index contributed by atoms with van der Waals surface area (Å²) in [5, 5.41) is 38.3. The maximum Gasteiger partial charge on any atom is 0.333 e. The third-order valence-corrected chi connectivity index (χ3v) is 5.16. The molecule has 1 aliphatic rings. The molecule has 0 spiro atoms. The molecule has 1 aliphatic heterocycles. The van der Waals surface area contributed by atoms with E-state index in [-0.39, 0.29) is 25.8 Å². The van der Waals surface area contributed by atoms with Crippen LogP contribution in [0.25, 0.3) is 0 Å². The van der Waals surface area contributed by atoms with Gasteiger partial charge in [0, 0.05) is 6.42 Å². The van der Waals surface area contributed by atoms with Crippen molar-refractivity contribution < 1.29 is 38.8 Å². The summed E-state index contributed by atoms with van der Waals surface area (Å²) in [6.45, 7) is 2.79. The largest absolute Gasteiger partial charge is 0.391 e. The summed E-state index contributed by atoms with van der Waals surface area (Å²) in [7, 11) is -3.41. The lowest BCUT2D eigenvalue weighted by Crippen LogP contribution is -2.60. The molecule has 1 saturated heterocycles. The third-order valence-electron chi connectivity index (χ3n) is 3.01. The van der Waals surface area contributed by atoms with E-state index in [1.165, 1.54) is 0 Å². The molecular weight excluding hydrogens is 291 g/mol. The predicted octanol–water partition coefficient (Wildman–Crippen LogP) is -0.556. The van der Waals surface area contributed by atoms with Crippen LogP contribution in [0.3, 0.4) is 0 Å². The summed E-state index contributed by atoms with van der Waals surface area (Å²) in [5.41, 5.74) is 0. The van der Waals surface area contributed by atoms with E-state index < -0.39 is 38.3 Å². The average Bonchev–Trinajstić information content (AvgIpc) is 2.36. The Bertz CT molecular complexity index is 341. The minimum atomic E-state index is -3.41. The van der Waals surface area contributed by atoms with Gasteiger partial charge in [0.25, 0.3) is 0 Å². The number of aliphatic hydroxyl groups excluding tert-OH is 3. The van der Waals surface area contributed by atoms with Crippen LogP contribution >= 0.6 is 7.60 Å². The van der Waals surface area contributed by atoms with Gasteiger partial charge in [0.1, 0.15) is 6.10 Å². The second-order valence-corrected chi connectivity index (χ2v) is 6.72. The molecule has 4 atom stereocenters. The van der Waals surface area contributed by atoms with Crippen LogP contribution in [0.5, 0.6) is 0 Å². The average molecular weight is 314 g/mol. The van der Waals surface area contributed by atoms with Crippen LogP contribution in [-0.4, -0.2) is 70.5 Å². The molecule has 0 radical (unpaired) electrons. The van der Waals surface area contributed by atoms with Gasteiger partial charge in [-0.15, -0.1) is 0 Å². The molecule has 4 N–H and O–H groups in total. The second kappa shape index (κ2) is 7.29. The topological polar surface area (TPSA) is 126 Å². The van der Waals surface area contributed by atoms with E-state index in [0.29, 0.717) is 0 Å². The monoisotopic (exact) mass is 314 g/mol. The minimum Gasteiger partial charge on any atom is -0.391 e. The van der Waals surface area contributed by atoms with Crippen molar-refractivity contribution in [1.29, 1.82) is 0 Å². The highest BCUT2D eigenvalue weighted by Crippen LogP contribution is 2.50. The van der Waals surface area contributed by atoms with Gasteiger partial charge in [-0.25, -0.2) is 0 Å². The molecule has 0 unspecified atom stereocenters. The first-order valence-corrected chi connectivity index (χ1v) is 8.28. The van der Waals surface area contributed by atoms with Crippen LogP contribution in [0, 0.1) is 0 Å². The molecule has 0 aliphatic carbocycles. The number of hydrogen-bond donors (Lipinski definition) is 4. The Morgan fingerprint density at radius 3 is 2.30 bits per heavy atom. The van der Waals surface area contributed by atoms with Crippen LogP contribution in [-0.2, 0) is 18.3 Å². The molecular formula is C11H23O8P.